The highest BCUT2D eigenvalue weighted by molar-refractivity contribution is 7.10. The van der Waals surface area contributed by atoms with Gasteiger partial charge in [0, 0.05) is 30.1 Å². The molecule has 0 unspecified atom stereocenters. The van der Waals surface area contributed by atoms with Crippen molar-refractivity contribution in [3.8, 4) is 0 Å². The number of rotatable bonds is 5. The maximum atomic E-state index is 12.6. The molecule has 1 aliphatic heterocycles. The van der Waals surface area contributed by atoms with Gasteiger partial charge in [-0.2, -0.15) is 0 Å². The van der Waals surface area contributed by atoms with Crippen molar-refractivity contribution in [1.29, 1.82) is 0 Å². The van der Waals surface area contributed by atoms with E-state index in [-0.39, 0.29) is 17.4 Å². The number of hydrogen-bond acceptors (Lipinski definition) is 4. The number of thiophene rings is 1. The van der Waals surface area contributed by atoms with Crippen LogP contribution in [0.1, 0.15) is 47.6 Å². The molecule has 2 heterocycles. The second kappa shape index (κ2) is 8.33. The van der Waals surface area contributed by atoms with Crippen LogP contribution in [0, 0.1) is 0 Å². The summed E-state index contributed by atoms with van der Waals surface area (Å²) in [6.07, 6.45) is 0. The highest BCUT2D eigenvalue weighted by Gasteiger charge is 2.24. The molecule has 1 aliphatic rings. The van der Waals surface area contributed by atoms with Crippen LogP contribution in [0.3, 0.4) is 0 Å². The highest BCUT2D eigenvalue weighted by Crippen LogP contribution is 2.26. The van der Waals surface area contributed by atoms with Crippen molar-refractivity contribution in [3.05, 3.63) is 57.8 Å². The lowest BCUT2D eigenvalue weighted by atomic mass is 9.87. The van der Waals surface area contributed by atoms with Gasteiger partial charge in [0.2, 0.25) is 0 Å². The Bertz CT molecular complexity index is 699. The Labute approximate surface area is 160 Å². The second-order valence-electron chi connectivity index (χ2n) is 7.72. The first-order valence-corrected chi connectivity index (χ1v) is 10.1. The maximum Gasteiger partial charge on any atom is 0.251 e. The molecule has 140 valence electrons. The van der Waals surface area contributed by atoms with Crippen LogP contribution in [0.2, 0.25) is 0 Å². The van der Waals surface area contributed by atoms with Gasteiger partial charge in [-0.05, 0) is 34.6 Å². The molecule has 3 rings (SSSR count). The summed E-state index contributed by atoms with van der Waals surface area (Å²) in [5.74, 6) is -0.0136. The smallest absolute Gasteiger partial charge is 0.251 e. The fourth-order valence-electron chi connectivity index (χ4n) is 3.19. The van der Waals surface area contributed by atoms with Gasteiger partial charge in [-0.15, -0.1) is 11.3 Å². The highest BCUT2D eigenvalue weighted by atomic mass is 32.1. The van der Waals surface area contributed by atoms with E-state index in [1.54, 1.807) is 11.3 Å². The van der Waals surface area contributed by atoms with Crippen molar-refractivity contribution in [1.82, 2.24) is 10.2 Å². The summed E-state index contributed by atoms with van der Waals surface area (Å²) in [5, 5.41) is 5.22. The van der Waals surface area contributed by atoms with E-state index in [4.69, 9.17) is 4.74 Å². The SMILES string of the molecule is CC(C)(C)c1ccc(C(=O)NC[C@H](c2cccs2)N2CCOCC2)cc1. The Balaban J connectivity index is 1.65. The Morgan fingerprint density at radius 1 is 1.19 bits per heavy atom. The van der Waals surface area contributed by atoms with Crippen LogP contribution in [-0.2, 0) is 10.2 Å². The quantitative estimate of drug-likeness (QED) is 0.867. The number of morpholine rings is 1. The van der Waals surface area contributed by atoms with Crippen LogP contribution in [-0.4, -0.2) is 43.7 Å². The molecule has 1 amide bonds. The zero-order chi connectivity index (χ0) is 18.6. The molecule has 1 fully saturated rings. The summed E-state index contributed by atoms with van der Waals surface area (Å²) >= 11 is 1.74. The number of amides is 1. The number of hydrogen-bond donors (Lipinski definition) is 1. The van der Waals surface area contributed by atoms with Crippen molar-refractivity contribution in [3.63, 3.8) is 0 Å². The minimum absolute atomic E-state index is 0.0136. The lowest BCUT2D eigenvalue weighted by Gasteiger charge is -2.34. The molecule has 0 radical (unpaired) electrons. The van der Waals surface area contributed by atoms with E-state index >= 15 is 0 Å². The average Bonchev–Trinajstić information content (AvgIpc) is 3.16. The molecule has 26 heavy (non-hydrogen) atoms. The van der Waals surface area contributed by atoms with Crippen molar-refractivity contribution >= 4 is 17.2 Å². The van der Waals surface area contributed by atoms with E-state index in [0.29, 0.717) is 12.1 Å². The van der Waals surface area contributed by atoms with Crippen LogP contribution >= 0.6 is 11.3 Å². The van der Waals surface area contributed by atoms with E-state index in [9.17, 15) is 4.79 Å². The number of benzene rings is 1. The molecule has 1 N–H and O–H groups in total. The van der Waals surface area contributed by atoms with Gasteiger partial charge in [0.25, 0.3) is 5.91 Å². The summed E-state index contributed by atoms with van der Waals surface area (Å²) in [6, 6.07) is 12.4. The van der Waals surface area contributed by atoms with Crippen LogP contribution in [0.15, 0.2) is 41.8 Å². The normalized spacial score (nSPS) is 17.0. The second-order valence-corrected chi connectivity index (χ2v) is 8.70. The molecule has 1 aromatic heterocycles. The molecule has 1 saturated heterocycles. The number of nitrogens with zero attached hydrogens (tertiary/aromatic N) is 1. The molecule has 0 saturated carbocycles. The van der Waals surface area contributed by atoms with Crippen LogP contribution in [0.4, 0.5) is 0 Å². The Hall–Kier alpha value is -1.69. The number of ether oxygens (including phenoxy) is 1. The zero-order valence-corrected chi connectivity index (χ0v) is 16.6. The van der Waals surface area contributed by atoms with Gasteiger partial charge in [-0.25, -0.2) is 0 Å². The first-order valence-electron chi connectivity index (χ1n) is 9.19. The summed E-state index contributed by atoms with van der Waals surface area (Å²) < 4.78 is 5.48. The van der Waals surface area contributed by atoms with Gasteiger partial charge in [-0.1, -0.05) is 39.0 Å². The summed E-state index contributed by atoms with van der Waals surface area (Å²) in [5.41, 5.74) is 2.04. The largest absolute Gasteiger partial charge is 0.379 e. The summed E-state index contributed by atoms with van der Waals surface area (Å²) in [4.78, 5) is 16.3. The predicted molar refractivity (Wildman–Crippen MR) is 107 cm³/mol. The standard InChI is InChI=1S/C21H28N2O2S/c1-21(2,3)17-8-6-16(7-9-17)20(24)22-15-18(19-5-4-14-26-19)23-10-12-25-13-11-23/h4-9,14,18H,10-13,15H2,1-3H3,(H,22,24)/t18-/m1/s1. The van der Waals surface area contributed by atoms with Crippen LogP contribution in [0.5, 0.6) is 0 Å². The number of carbonyl (C=O) groups excluding carboxylic acids is 1. The Morgan fingerprint density at radius 2 is 1.88 bits per heavy atom. The maximum absolute atomic E-state index is 12.6. The van der Waals surface area contributed by atoms with Gasteiger partial charge in [0.15, 0.2) is 0 Å². The van der Waals surface area contributed by atoms with E-state index in [0.717, 1.165) is 26.3 Å². The fourth-order valence-corrected chi connectivity index (χ4v) is 4.05. The van der Waals surface area contributed by atoms with Gasteiger partial charge < -0.3 is 10.1 Å². The van der Waals surface area contributed by atoms with Crippen molar-refractivity contribution < 1.29 is 9.53 Å². The molecule has 1 atom stereocenters. The average molecular weight is 373 g/mol. The third-order valence-electron chi connectivity index (χ3n) is 4.83. The van der Waals surface area contributed by atoms with Crippen LogP contribution in [0.25, 0.3) is 0 Å². The lowest BCUT2D eigenvalue weighted by Crippen LogP contribution is -2.43. The fraction of sp³-hybridized carbons (Fsp3) is 0.476. The molecule has 1 aromatic carbocycles. The molecule has 0 aliphatic carbocycles. The van der Waals surface area contributed by atoms with Crippen LogP contribution < -0.4 is 5.32 Å². The third kappa shape index (κ3) is 4.72. The summed E-state index contributed by atoms with van der Waals surface area (Å²) in [6.45, 7) is 10.5. The minimum Gasteiger partial charge on any atom is -0.379 e. The van der Waals surface area contributed by atoms with E-state index in [2.05, 4.69) is 48.5 Å². The van der Waals surface area contributed by atoms with Gasteiger partial charge >= 0.3 is 0 Å². The van der Waals surface area contributed by atoms with Crippen molar-refractivity contribution in [2.75, 3.05) is 32.8 Å². The van der Waals surface area contributed by atoms with E-state index in [1.807, 2.05) is 24.3 Å². The monoisotopic (exact) mass is 372 g/mol. The minimum atomic E-state index is -0.0136. The third-order valence-corrected chi connectivity index (χ3v) is 5.80. The molecule has 0 spiro atoms. The zero-order valence-electron chi connectivity index (χ0n) is 15.8. The number of nitrogens with one attached hydrogen (secondary N) is 1. The van der Waals surface area contributed by atoms with Crippen molar-refractivity contribution in [2.45, 2.75) is 32.2 Å². The first-order chi connectivity index (χ1) is 12.4. The predicted octanol–water partition coefficient (Wildman–Crippen LogP) is 3.85. The lowest BCUT2D eigenvalue weighted by molar-refractivity contribution is 0.0169. The topological polar surface area (TPSA) is 41.6 Å². The molecule has 5 heteroatoms. The van der Waals surface area contributed by atoms with Gasteiger partial charge in [-0.3, -0.25) is 9.69 Å². The van der Waals surface area contributed by atoms with Gasteiger partial charge in [0.1, 0.15) is 0 Å². The molecular formula is C21H28N2O2S. The Morgan fingerprint density at radius 3 is 2.46 bits per heavy atom. The van der Waals surface area contributed by atoms with E-state index in [1.165, 1.54) is 10.4 Å². The Kier molecular flexibility index (Phi) is 6.12. The molecule has 2 aromatic rings. The van der Waals surface area contributed by atoms with E-state index < -0.39 is 0 Å². The van der Waals surface area contributed by atoms with Crippen molar-refractivity contribution in [2.24, 2.45) is 0 Å². The molecular weight excluding hydrogens is 344 g/mol. The number of carbonyl (C=O) groups is 1. The van der Waals surface area contributed by atoms with Gasteiger partial charge in [0.05, 0.1) is 19.3 Å². The molecule has 0 bridgehead atoms. The first kappa shape index (κ1) is 19.1. The molecule has 4 nitrogen and oxygen atoms in total. The summed E-state index contributed by atoms with van der Waals surface area (Å²) in [7, 11) is 0.